The summed E-state index contributed by atoms with van der Waals surface area (Å²) in [6.07, 6.45) is 6.92. The van der Waals surface area contributed by atoms with Crippen molar-refractivity contribution < 1.29 is 19.4 Å². The van der Waals surface area contributed by atoms with Gasteiger partial charge in [-0.15, -0.1) is 0 Å². The van der Waals surface area contributed by atoms with E-state index in [1.165, 1.54) is 0 Å². The normalized spacial score (nSPS) is 15.9. The van der Waals surface area contributed by atoms with Crippen LogP contribution in [-0.4, -0.2) is 55.7 Å². The molecule has 1 unspecified atom stereocenters. The van der Waals surface area contributed by atoms with E-state index in [0.29, 0.717) is 35.5 Å². The number of aromatic nitrogens is 5. The van der Waals surface area contributed by atoms with Gasteiger partial charge in [-0.2, -0.15) is 5.10 Å². The highest BCUT2D eigenvalue weighted by molar-refractivity contribution is 9.10. The zero-order valence-electron chi connectivity index (χ0n) is 18.6. The Kier molecular flexibility index (Phi) is 5.57. The lowest BCUT2D eigenvalue weighted by Gasteiger charge is -2.33. The molecule has 10 heteroatoms. The molecule has 5 heterocycles. The molecule has 1 aliphatic heterocycles. The van der Waals surface area contributed by atoms with Crippen molar-refractivity contribution in [1.29, 1.82) is 0 Å². The molecule has 1 fully saturated rings. The molecule has 0 bridgehead atoms. The number of carboxylic acids is 1. The molecular weight excluding hydrogens is 490 g/mol. The van der Waals surface area contributed by atoms with E-state index in [1.54, 1.807) is 31.2 Å². The first-order valence-electron chi connectivity index (χ1n) is 10.7. The summed E-state index contributed by atoms with van der Waals surface area (Å²) in [5, 5.41) is 14.4. The van der Waals surface area contributed by atoms with Crippen LogP contribution in [0, 0.1) is 12.8 Å². The Morgan fingerprint density at radius 2 is 2.03 bits per heavy atom. The summed E-state index contributed by atoms with van der Waals surface area (Å²) >= 11 is 3.62. The Hall–Kier alpha value is -2.98. The SMILES string of the molecule is COc1ccncc1C(C1CCOCC1)n1c2c(C)c(Br)cnc2c2c1c(C(=O)O)nn2C. The van der Waals surface area contributed by atoms with Crippen LogP contribution in [-0.2, 0) is 11.8 Å². The molecule has 0 radical (unpaired) electrons. The minimum Gasteiger partial charge on any atom is -0.496 e. The molecule has 4 aromatic rings. The maximum Gasteiger partial charge on any atom is 0.358 e. The van der Waals surface area contributed by atoms with Gasteiger partial charge < -0.3 is 19.1 Å². The number of aryl methyl sites for hydroxylation is 2. The number of nitrogens with zero attached hydrogens (tertiary/aromatic N) is 5. The Bertz CT molecular complexity index is 1370. The summed E-state index contributed by atoms with van der Waals surface area (Å²) in [6.45, 7) is 3.30. The summed E-state index contributed by atoms with van der Waals surface area (Å²) in [5.41, 5.74) is 4.71. The van der Waals surface area contributed by atoms with Crippen molar-refractivity contribution in [2.45, 2.75) is 25.8 Å². The third kappa shape index (κ3) is 3.39. The van der Waals surface area contributed by atoms with E-state index in [9.17, 15) is 9.90 Å². The molecule has 0 aromatic carbocycles. The second-order valence-electron chi connectivity index (χ2n) is 8.29. The Morgan fingerprint density at radius 1 is 1.27 bits per heavy atom. The molecule has 1 saturated heterocycles. The Labute approximate surface area is 198 Å². The second-order valence-corrected chi connectivity index (χ2v) is 9.14. The number of pyridine rings is 2. The summed E-state index contributed by atoms with van der Waals surface area (Å²) in [4.78, 5) is 21.4. The number of aromatic carboxylic acids is 1. The molecule has 1 atom stereocenters. The van der Waals surface area contributed by atoms with Crippen LogP contribution in [0.25, 0.3) is 22.1 Å². The summed E-state index contributed by atoms with van der Waals surface area (Å²) < 4.78 is 16.0. The number of hydrogen-bond donors (Lipinski definition) is 1. The zero-order chi connectivity index (χ0) is 23.3. The van der Waals surface area contributed by atoms with Crippen molar-refractivity contribution in [3.63, 3.8) is 0 Å². The lowest BCUT2D eigenvalue weighted by Crippen LogP contribution is -2.28. The molecule has 5 rings (SSSR count). The molecule has 33 heavy (non-hydrogen) atoms. The minimum atomic E-state index is -1.08. The van der Waals surface area contributed by atoms with Crippen LogP contribution in [0.4, 0.5) is 0 Å². The molecule has 4 aromatic heterocycles. The topological polar surface area (TPSA) is 104 Å². The van der Waals surface area contributed by atoms with Crippen molar-refractivity contribution in [2.24, 2.45) is 13.0 Å². The fourth-order valence-corrected chi connectivity index (χ4v) is 5.31. The monoisotopic (exact) mass is 513 g/mol. The molecule has 1 N–H and O–H groups in total. The van der Waals surface area contributed by atoms with Crippen LogP contribution in [0.15, 0.2) is 29.1 Å². The average molecular weight is 514 g/mol. The van der Waals surface area contributed by atoms with Crippen LogP contribution < -0.4 is 4.74 Å². The minimum absolute atomic E-state index is 0.000869. The van der Waals surface area contributed by atoms with Gasteiger partial charge in [0.05, 0.1) is 18.7 Å². The van der Waals surface area contributed by atoms with Crippen LogP contribution in [0.3, 0.4) is 0 Å². The lowest BCUT2D eigenvalue weighted by molar-refractivity contribution is 0.0548. The second kappa shape index (κ2) is 8.42. The Morgan fingerprint density at radius 3 is 2.73 bits per heavy atom. The van der Waals surface area contributed by atoms with Crippen LogP contribution in [0.5, 0.6) is 5.75 Å². The van der Waals surface area contributed by atoms with Gasteiger partial charge in [0.15, 0.2) is 5.69 Å². The maximum absolute atomic E-state index is 12.3. The van der Waals surface area contributed by atoms with Gasteiger partial charge in [-0.25, -0.2) is 4.79 Å². The summed E-state index contributed by atoms with van der Waals surface area (Å²) in [6, 6.07) is 1.60. The van der Waals surface area contributed by atoms with Crippen LogP contribution in [0.2, 0.25) is 0 Å². The third-order valence-electron chi connectivity index (χ3n) is 6.51. The molecule has 172 valence electrons. The van der Waals surface area contributed by atoms with Crippen molar-refractivity contribution in [1.82, 2.24) is 24.3 Å². The first kappa shape index (κ1) is 21.8. The van der Waals surface area contributed by atoms with E-state index in [-0.39, 0.29) is 17.7 Å². The molecule has 0 aliphatic carbocycles. The highest BCUT2D eigenvalue weighted by Gasteiger charge is 2.35. The summed E-state index contributed by atoms with van der Waals surface area (Å²) in [7, 11) is 3.39. The van der Waals surface area contributed by atoms with Crippen molar-refractivity contribution >= 4 is 44.0 Å². The number of methoxy groups -OCH3 is 1. The summed E-state index contributed by atoms with van der Waals surface area (Å²) in [5.74, 6) is -0.195. The van der Waals surface area contributed by atoms with Gasteiger partial charge in [0.2, 0.25) is 0 Å². The Balaban J connectivity index is 1.95. The molecule has 0 amide bonds. The zero-order valence-corrected chi connectivity index (χ0v) is 20.2. The van der Waals surface area contributed by atoms with E-state index in [0.717, 1.165) is 34.0 Å². The van der Waals surface area contributed by atoms with Gasteiger partial charge in [-0.3, -0.25) is 14.6 Å². The average Bonchev–Trinajstić information content (AvgIpc) is 3.34. The number of fused-ring (bicyclic) bond motifs is 3. The number of halogens is 1. The third-order valence-corrected chi connectivity index (χ3v) is 7.31. The first-order chi connectivity index (χ1) is 15.9. The molecule has 9 nitrogen and oxygen atoms in total. The lowest BCUT2D eigenvalue weighted by atomic mass is 9.86. The maximum atomic E-state index is 12.3. The predicted molar refractivity (Wildman–Crippen MR) is 126 cm³/mol. The quantitative estimate of drug-likeness (QED) is 0.428. The molecule has 0 saturated carbocycles. The van der Waals surface area contributed by atoms with Gasteiger partial charge in [0.25, 0.3) is 0 Å². The number of ether oxygens (including phenoxy) is 2. The van der Waals surface area contributed by atoms with Crippen LogP contribution in [0.1, 0.15) is 40.5 Å². The van der Waals surface area contributed by atoms with Gasteiger partial charge in [0, 0.05) is 48.9 Å². The van der Waals surface area contributed by atoms with Gasteiger partial charge >= 0.3 is 5.97 Å². The van der Waals surface area contributed by atoms with E-state index < -0.39 is 5.97 Å². The fraction of sp³-hybridized carbons (Fsp3) is 0.391. The number of hydrogen-bond acceptors (Lipinski definition) is 6. The van der Waals surface area contributed by atoms with Gasteiger partial charge in [-0.05, 0) is 53.2 Å². The van der Waals surface area contributed by atoms with Crippen molar-refractivity contribution in [3.8, 4) is 5.75 Å². The van der Waals surface area contributed by atoms with Crippen molar-refractivity contribution in [3.05, 3.63) is 46.0 Å². The van der Waals surface area contributed by atoms with E-state index in [1.807, 2.05) is 19.2 Å². The predicted octanol–water partition coefficient (Wildman–Crippen LogP) is 4.11. The van der Waals surface area contributed by atoms with Crippen LogP contribution >= 0.6 is 15.9 Å². The standard InChI is InChI=1S/C23H24BrN5O4/c1-12-15(24)11-26-17-19(12)29(22-18(23(30)31)27-28(2)21(17)22)20(13-5-8-33-9-6-13)14-10-25-7-4-16(14)32-3/h4,7,10-11,13,20H,5-6,8-9H2,1-3H3,(H,30,31). The number of rotatable bonds is 5. The fourth-order valence-electron chi connectivity index (χ4n) is 5.02. The highest BCUT2D eigenvalue weighted by atomic mass is 79.9. The number of carboxylic acid groups (broad SMARTS) is 1. The molecular formula is C23H24BrN5O4. The van der Waals surface area contributed by atoms with Gasteiger partial charge in [-0.1, -0.05) is 0 Å². The van der Waals surface area contributed by atoms with E-state index in [2.05, 4.69) is 30.6 Å². The molecule has 1 aliphatic rings. The van der Waals surface area contributed by atoms with Gasteiger partial charge in [0.1, 0.15) is 22.3 Å². The van der Waals surface area contributed by atoms with Crippen molar-refractivity contribution in [2.75, 3.05) is 20.3 Å². The van der Waals surface area contributed by atoms with E-state index >= 15 is 0 Å². The largest absolute Gasteiger partial charge is 0.496 e. The molecule has 0 spiro atoms. The number of carbonyl (C=O) groups is 1. The van der Waals surface area contributed by atoms with E-state index in [4.69, 9.17) is 14.5 Å². The highest BCUT2D eigenvalue weighted by Crippen LogP contribution is 2.44. The first-order valence-corrected chi connectivity index (χ1v) is 11.5. The smallest absolute Gasteiger partial charge is 0.358 e.